The predicted octanol–water partition coefficient (Wildman–Crippen LogP) is 3.46. The summed E-state index contributed by atoms with van der Waals surface area (Å²) in [7, 11) is 0. The molecule has 11 heavy (non-hydrogen) atoms. The second-order valence-electron chi connectivity index (χ2n) is 2.56. The largest absolute Gasteiger partial charge is 0.299 e. The minimum atomic E-state index is 0.871. The molecule has 0 spiro atoms. The molecule has 0 aliphatic rings. The van der Waals surface area contributed by atoms with Crippen molar-refractivity contribution in [3.8, 4) is 0 Å². The Labute approximate surface area is 69.4 Å². The quantitative estimate of drug-likeness (QED) is 0.316. The van der Waals surface area contributed by atoms with Gasteiger partial charge in [-0.3, -0.25) is 5.11 Å². The highest BCUT2D eigenvalue weighted by Gasteiger charge is 1.79. The van der Waals surface area contributed by atoms with E-state index in [-0.39, 0.29) is 0 Å². The average molecular weight is 153 g/mol. The number of unbranched alkanes of at least 4 members (excludes halogenated alkanes) is 3. The molecule has 1 nitrogen and oxygen atoms in total. The van der Waals surface area contributed by atoms with Crippen LogP contribution in [0.2, 0.25) is 0 Å². The van der Waals surface area contributed by atoms with E-state index >= 15 is 0 Å². The summed E-state index contributed by atoms with van der Waals surface area (Å²) in [5.74, 6) is 0. The Balaban J connectivity index is 3.00. The van der Waals surface area contributed by atoms with Gasteiger partial charge >= 0.3 is 0 Å². The van der Waals surface area contributed by atoms with Crippen LogP contribution in [0.4, 0.5) is 0 Å². The first-order chi connectivity index (χ1) is 5.41. The molecule has 0 aromatic heterocycles. The van der Waals surface area contributed by atoms with E-state index in [2.05, 4.69) is 19.1 Å². The number of rotatable bonds is 6. The molecule has 0 saturated carbocycles. The van der Waals surface area contributed by atoms with Crippen LogP contribution in [0, 0.1) is 0 Å². The topological polar surface area (TPSA) is 19.9 Å². The van der Waals surface area contributed by atoms with Gasteiger partial charge in [0.2, 0.25) is 0 Å². The summed E-state index contributed by atoms with van der Waals surface area (Å²) in [6.45, 7) is 2.17. The molecule has 0 heterocycles. The van der Waals surface area contributed by atoms with Crippen LogP contribution >= 0.6 is 0 Å². The van der Waals surface area contributed by atoms with Crippen LogP contribution in [0.1, 0.15) is 39.0 Å². The van der Waals surface area contributed by atoms with E-state index in [0.717, 1.165) is 25.5 Å². The first-order valence-electron chi connectivity index (χ1n) is 4.33. The van der Waals surface area contributed by atoms with Crippen LogP contribution in [-0.2, 0) is 5.11 Å². The van der Waals surface area contributed by atoms with Crippen LogP contribution in [-0.4, -0.2) is 0 Å². The number of allylic oxidation sites excluding steroid dienone is 3. The van der Waals surface area contributed by atoms with Crippen molar-refractivity contribution >= 4 is 0 Å². The third-order valence-corrected chi connectivity index (χ3v) is 1.46. The Hall–Kier alpha value is -0.720. The summed E-state index contributed by atoms with van der Waals surface area (Å²) in [4.78, 5) is 0. The van der Waals surface area contributed by atoms with E-state index in [1.54, 1.807) is 6.08 Å². The molecule has 0 aliphatic carbocycles. The number of hydrogen-bond donors (Lipinski definition) is 0. The Morgan fingerprint density at radius 1 is 1.00 bits per heavy atom. The summed E-state index contributed by atoms with van der Waals surface area (Å²) in [6, 6.07) is 0. The SMILES string of the molecule is CCCC=CCCCC=C[O]. The van der Waals surface area contributed by atoms with E-state index in [4.69, 9.17) is 0 Å². The van der Waals surface area contributed by atoms with Crippen LogP contribution in [0.5, 0.6) is 0 Å². The first kappa shape index (κ1) is 10.3. The molecule has 0 N–H and O–H groups in total. The van der Waals surface area contributed by atoms with E-state index in [0.29, 0.717) is 0 Å². The highest BCUT2D eigenvalue weighted by atomic mass is 16.2. The van der Waals surface area contributed by atoms with Crippen LogP contribution in [0.3, 0.4) is 0 Å². The molecule has 1 radical (unpaired) electrons. The monoisotopic (exact) mass is 153 g/mol. The van der Waals surface area contributed by atoms with Crippen LogP contribution in [0.25, 0.3) is 0 Å². The second kappa shape index (κ2) is 9.28. The van der Waals surface area contributed by atoms with E-state index in [9.17, 15) is 5.11 Å². The lowest BCUT2D eigenvalue weighted by molar-refractivity contribution is 0.349. The second-order valence-corrected chi connectivity index (χ2v) is 2.56. The minimum Gasteiger partial charge on any atom is -0.299 e. The van der Waals surface area contributed by atoms with Gasteiger partial charge in [0.15, 0.2) is 0 Å². The Bertz CT molecular complexity index is 114. The highest BCUT2D eigenvalue weighted by Crippen LogP contribution is 1.99. The van der Waals surface area contributed by atoms with Crippen LogP contribution in [0.15, 0.2) is 24.5 Å². The van der Waals surface area contributed by atoms with Crippen molar-refractivity contribution in [2.45, 2.75) is 39.0 Å². The lowest BCUT2D eigenvalue weighted by Gasteiger charge is -1.88. The summed E-state index contributed by atoms with van der Waals surface area (Å²) in [6.07, 6.45) is 12.5. The minimum absolute atomic E-state index is 0.871. The van der Waals surface area contributed by atoms with Gasteiger partial charge in [0.05, 0.1) is 0 Å². The van der Waals surface area contributed by atoms with Gasteiger partial charge in [0.25, 0.3) is 0 Å². The predicted molar refractivity (Wildman–Crippen MR) is 47.7 cm³/mol. The fourth-order valence-corrected chi connectivity index (χ4v) is 0.824. The zero-order valence-electron chi connectivity index (χ0n) is 7.25. The molecule has 0 aromatic rings. The lowest BCUT2D eigenvalue weighted by atomic mass is 10.2. The highest BCUT2D eigenvalue weighted by molar-refractivity contribution is 4.82. The normalized spacial score (nSPS) is 11.7. The Kier molecular flexibility index (Phi) is 8.67. The lowest BCUT2D eigenvalue weighted by Crippen LogP contribution is -1.69. The van der Waals surface area contributed by atoms with Gasteiger partial charge in [-0.25, -0.2) is 0 Å². The number of hydrogen-bond acceptors (Lipinski definition) is 0. The van der Waals surface area contributed by atoms with Gasteiger partial charge in [0.1, 0.15) is 6.26 Å². The molecule has 0 bridgehead atoms. The van der Waals surface area contributed by atoms with Crippen LogP contribution < -0.4 is 0 Å². The fraction of sp³-hybridized carbons (Fsp3) is 0.600. The molecule has 0 aromatic carbocycles. The molecule has 0 atom stereocenters. The smallest absolute Gasteiger partial charge is 0.138 e. The molecule has 63 valence electrons. The van der Waals surface area contributed by atoms with Gasteiger partial charge in [-0.1, -0.05) is 25.5 Å². The summed E-state index contributed by atoms with van der Waals surface area (Å²) < 4.78 is 0. The van der Waals surface area contributed by atoms with Gasteiger partial charge in [-0.15, -0.1) is 0 Å². The first-order valence-corrected chi connectivity index (χ1v) is 4.33. The molecule has 0 aliphatic heterocycles. The van der Waals surface area contributed by atoms with Crippen molar-refractivity contribution in [3.63, 3.8) is 0 Å². The van der Waals surface area contributed by atoms with E-state index < -0.39 is 0 Å². The maximum absolute atomic E-state index is 9.87. The molecule has 1 heteroatoms. The summed E-state index contributed by atoms with van der Waals surface area (Å²) in [5, 5.41) is 9.87. The molecule has 0 saturated heterocycles. The summed E-state index contributed by atoms with van der Waals surface area (Å²) >= 11 is 0. The van der Waals surface area contributed by atoms with E-state index in [1.807, 2.05) is 0 Å². The molecule has 0 amide bonds. The van der Waals surface area contributed by atoms with Gasteiger partial charge in [0, 0.05) is 0 Å². The van der Waals surface area contributed by atoms with Crippen molar-refractivity contribution in [2.24, 2.45) is 0 Å². The maximum Gasteiger partial charge on any atom is 0.138 e. The van der Waals surface area contributed by atoms with Gasteiger partial charge in [-0.05, 0) is 31.8 Å². The summed E-state index contributed by atoms with van der Waals surface area (Å²) in [5.41, 5.74) is 0. The standard InChI is InChI=1S/C10H17O/c1-2-3-4-5-6-7-8-9-10-11/h4-5,9-10H,2-3,6-8H2,1H3. The van der Waals surface area contributed by atoms with Crippen molar-refractivity contribution in [3.05, 3.63) is 24.5 Å². The molecular formula is C10H17O. The third-order valence-electron chi connectivity index (χ3n) is 1.46. The third kappa shape index (κ3) is 9.28. The fourth-order valence-electron chi connectivity index (χ4n) is 0.824. The van der Waals surface area contributed by atoms with Crippen molar-refractivity contribution in [1.82, 2.24) is 0 Å². The average Bonchev–Trinajstić information content (AvgIpc) is 2.03. The molecule has 0 unspecified atom stereocenters. The van der Waals surface area contributed by atoms with Gasteiger partial charge < -0.3 is 0 Å². The Morgan fingerprint density at radius 3 is 2.27 bits per heavy atom. The Morgan fingerprint density at radius 2 is 1.64 bits per heavy atom. The van der Waals surface area contributed by atoms with Crippen molar-refractivity contribution < 1.29 is 5.11 Å². The van der Waals surface area contributed by atoms with E-state index in [1.165, 1.54) is 12.8 Å². The zero-order valence-corrected chi connectivity index (χ0v) is 7.25. The van der Waals surface area contributed by atoms with Crippen molar-refractivity contribution in [2.75, 3.05) is 0 Å². The molecular weight excluding hydrogens is 136 g/mol. The van der Waals surface area contributed by atoms with Gasteiger partial charge in [-0.2, -0.15) is 0 Å². The van der Waals surface area contributed by atoms with Crippen molar-refractivity contribution in [1.29, 1.82) is 0 Å². The molecule has 0 rings (SSSR count). The molecule has 0 fully saturated rings. The maximum atomic E-state index is 9.87. The zero-order chi connectivity index (χ0) is 8.36.